The zero-order valence-corrected chi connectivity index (χ0v) is 17.4. The SMILES string of the molecule is C=C(C)c1cc(-c2cnc(CC)c(-c3ccc(C)cc3F)c2)ccc1N=C(C)N. The quantitative estimate of drug-likeness (QED) is 0.403. The van der Waals surface area contributed by atoms with Crippen LogP contribution in [0.4, 0.5) is 10.1 Å². The number of hydrogen-bond acceptors (Lipinski definition) is 2. The van der Waals surface area contributed by atoms with Crippen molar-refractivity contribution in [2.75, 3.05) is 0 Å². The van der Waals surface area contributed by atoms with E-state index in [1.54, 1.807) is 13.0 Å². The third-order valence-electron chi connectivity index (χ3n) is 4.81. The van der Waals surface area contributed by atoms with Gasteiger partial charge in [0.05, 0.1) is 11.5 Å². The summed E-state index contributed by atoms with van der Waals surface area (Å²) in [6.07, 6.45) is 2.56. The Bertz CT molecular complexity index is 1110. The van der Waals surface area contributed by atoms with Crippen molar-refractivity contribution >= 4 is 17.1 Å². The molecule has 1 heterocycles. The molecule has 0 aliphatic rings. The van der Waals surface area contributed by atoms with Crippen LogP contribution in [-0.2, 0) is 6.42 Å². The maximum atomic E-state index is 14.7. The molecule has 0 saturated heterocycles. The third-order valence-corrected chi connectivity index (χ3v) is 4.81. The number of rotatable bonds is 5. The summed E-state index contributed by atoms with van der Waals surface area (Å²) in [5.41, 5.74) is 13.4. The highest BCUT2D eigenvalue weighted by atomic mass is 19.1. The Kier molecular flexibility index (Phi) is 5.92. The second kappa shape index (κ2) is 8.39. The normalized spacial score (nSPS) is 11.6. The number of hydrogen-bond donors (Lipinski definition) is 1. The molecule has 3 aromatic rings. The number of nitrogens with zero attached hydrogens (tertiary/aromatic N) is 2. The van der Waals surface area contributed by atoms with Crippen molar-refractivity contribution in [3.8, 4) is 22.3 Å². The summed E-state index contributed by atoms with van der Waals surface area (Å²) < 4.78 is 14.7. The van der Waals surface area contributed by atoms with E-state index >= 15 is 0 Å². The molecule has 0 atom stereocenters. The lowest BCUT2D eigenvalue weighted by molar-refractivity contribution is 0.630. The highest BCUT2D eigenvalue weighted by Gasteiger charge is 2.13. The van der Waals surface area contributed by atoms with Crippen molar-refractivity contribution < 1.29 is 4.39 Å². The van der Waals surface area contributed by atoms with Gasteiger partial charge in [0.1, 0.15) is 5.82 Å². The first-order valence-electron chi connectivity index (χ1n) is 9.66. The highest BCUT2D eigenvalue weighted by molar-refractivity contribution is 5.85. The lowest BCUT2D eigenvalue weighted by Gasteiger charge is -2.13. The van der Waals surface area contributed by atoms with E-state index in [1.807, 2.05) is 63.4 Å². The Morgan fingerprint density at radius 2 is 1.83 bits per heavy atom. The van der Waals surface area contributed by atoms with Gasteiger partial charge in [-0.3, -0.25) is 4.98 Å². The highest BCUT2D eigenvalue weighted by Crippen LogP contribution is 2.34. The molecule has 0 amide bonds. The van der Waals surface area contributed by atoms with E-state index in [9.17, 15) is 4.39 Å². The summed E-state index contributed by atoms with van der Waals surface area (Å²) in [6, 6.07) is 13.2. The average Bonchev–Trinajstić information content (AvgIpc) is 2.67. The smallest absolute Gasteiger partial charge is 0.131 e. The lowest BCUT2D eigenvalue weighted by atomic mass is 9.95. The molecule has 0 fully saturated rings. The molecule has 4 heteroatoms. The van der Waals surface area contributed by atoms with Gasteiger partial charge in [0.2, 0.25) is 0 Å². The molecule has 0 unspecified atom stereocenters. The fraction of sp³-hybridized carbons (Fsp3) is 0.200. The fourth-order valence-corrected chi connectivity index (χ4v) is 3.35. The number of aryl methyl sites for hydroxylation is 2. The van der Waals surface area contributed by atoms with E-state index < -0.39 is 0 Å². The van der Waals surface area contributed by atoms with Gasteiger partial charge in [0.15, 0.2) is 0 Å². The predicted octanol–water partition coefficient (Wildman–Crippen LogP) is 6.47. The van der Waals surface area contributed by atoms with Gasteiger partial charge < -0.3 is 5.73 Å². The molecule has 3 rings (SSSR count). The number of aromatic nitrogens is 1. The predicted molar refractivity (Wildman–Crippen MR) is 121 cm³/mol. The number of allylic oxidation sites excluding steroid dienone is 1. The first kappa shape index (κ1) is 20.5. The molecule has 3 nitrogen and oxygen atoms in total. The molecule has 0 radical (unpaired) electrons. The van der Waals surface area contributed by atoms with E-state index in [-0.39, 0.29) is 5.82 Å². The molecule has 148 valence electrons. The zero-order valence-electron chi connectivity index (χ0n) is 17.4. The van der Waals surface area contributed by atoms with Crippen molar-refractivity contribution in [2.24, 2.45) is 10.7 Å². The van der Waals surface area contributed by atoms with Crippen molar-refractivity contribution in [1.29, 1.82) is 0 Å². The Balaban J connectivity index is 2.16. The summed E-state index contributed by atoms with van der Waals surface area (Å²) in [5.74, 6) is 0.260. The third kappa shape index (κ3) is 4.43. The zero-order chi connectivity index (χ0) is 21.1. The summed E-state index contributed by atoms with van der Waals surface area (Å²) in [4.78, 5) is 9.02. The largest absolute Gasteiger partial charge is 0.387 e. The first-order valence-corrected chi connectivity index (χ1v) is 9.66. The van der Waals surface area contributed by atoms with Crippen LogP contribution in [0, 0.1) is 12.7 Å². The van der Waals surface area contributed by atoms with Gasteiger partial charge in [0.25, 0.3) is 0 Å². The topological polar surface area (TPSA) is 51.3 Å². The van der Waals surface area contributed by atoms with Crippen LogP contribution in [0.2, 0.25) is 0 Å². The molecule has 29 heavy (non-hydrogen) atoms. The molecule has 2 N–H and O–H groups in total. The standard InChI is InChI=1S/C25H26FN3/c1-6-24-22(20-9-7-16(4)11-23(20)26)13-19(14-28-24)18-8-10-25(29-17(5)27)21(12-18)15(2)3/h7-14H,2,6H2,1,3-5H3,(H2,27,29). The summed E-state index contributed by atoms with van der Waals surface area (Å²) in [5, 5.41) is 0. The first-order chi connectivity index (χ1) is 13.8. The van der Waals surface area contributed by atoms with Crippen molar-refractivity contribution in [1.82, 2.24) is 4.98 Å². The molecule has 2 aromatic carbocycles. The van der Waals surface area contributed by atoms with Crippen LogP contribution in [0.25, 0.3) is 27.8 Å². The molecule has 0 aliphatic heterocycles. The minimum absolute atomic E-state index is 0.232. The summed E-state index contributed by atoms with van der Waals surface area (Å²) in [6.45, 7) is 11.7. The number of benzene rings is 2. The van der Waals surface area contributed by atoms with Gasteiger partial charge in [-0.15, -0.1) is 0 Å². The van der Waals surface area contributed by atoms with Crippen molar-refractivity contribution in [3.05, 3.63) is 77.9 Å². The van der Waals surface area contributed by atoms with Crippen LogP contribution in [-0.4, -0.2) is 10.8 Å². The average molecular weight is 388 g/mol. The molecule has 0 bridgehead atoms. The van der Waals surface area contributed by atoms with Crippen LogP contribution in [0.3, 0.4) is 0 Å². The maximum Gasteiger partial charge on any atom is 0.131 e. The number of pyridine rings is 1. The van der Waals surface area contributed by atoms with Gasteiger partial charge in [-0.05, 0) is 68.2 Å². The van der Waals surface area contributed by atoms with Crippen LogP contribution in [0.1, 0.15) is 37.6 Å². The van der Waals surface area contributed by atoms with Gasteiger partial charge in [-0.25, -0.2) is 9.38 Å². The molecule has 0 spiro atoms. The van der Waals surface area contributed by atoms with E-state index in [2.05, 4.69) is 16.6 Å². The molecule has 0 saturated carbocycles. The number of halogens is 1. The van der Waals surface area contributed by atoms with Crippen molar-refractivity contribution in [2.45, 2.75) is 34.1 Å². The molecular weight excluding hydrogens is 361 g/mol. The molecular formula is C25H26FN3. The number of aliphatic imine (C=N–C) groups is 1. The van der Waals surface area contributed by atoms with E-state index in [1.165, 1.54) is 0 Å². The van der Waals surface area contributed by atoms with Crippen LogP contribution in [0.5, 0.6) is 0 Å². The van der Waals surface area contributed by atoms with E-state index in [4.69, 9.17) is 5.73 Å². The number of amidine groups is 1. The van der Waals surface area contributed by atoms with Crippen LogP contribution < -0.4 is 5.73 Å². The van der Waals surface area contributed by atoms with Crippen LogP contribution in [0.15, 0.2) is 60.2 Å². The Labute approximate surface area is 171 Å². The Morgan fingerprint density at radius 1 is 1.07 bits per heavy atom. The second-order valence-corrected chi connectivity index (χ2v) is 7.32. The van der Waals surface area contributed by atoms with Gasteiger partial charge in [0, 0.05) is 34.1 Å². The summed E-state index contributed by atoms with van der Waals surface area (Å²) >= 11 is 0. The second-order valence-electron chi connectivity index (χ2n) is 7.32. The van der Waals surface area contributed by atoms with Crippen molar-refractivity contribution in [3.63, 3.8) is 0 Å². The monoisotopic (exact) mass is 387 g/mol. The minimum atomic E-state index is -0.232. The number of nitrogens with two attached hydrogens (primary N) is 1. The molecule has 1 aromatic heterocycles. The Morgan fingerprint density at radius 3 is 2.45 bits per heavy atom. The lowest BCUT2D eigenvalue weighted by Crippen LogP contribution is -2.04. The van der Waals surface area contributed by atoms with E-state index in [0.29, 0.717) is 11.4 Å². The fourth-order valence-electron chi connectivity index (χ4n) is 3.35. The Hall–Kier alpha value is -3.27. The maximum absolute atomic E-state index is 14.7. The van der Waals surface area contributed by atoms with E-state index in [0.717, 1.165) is 51.2 Å². The van der Waals surface area contributed by atoms with Gasteiger partial charge in [-0.1, -0.05) is 31.7 Å². The van der Waals surface area contributed by atoms with Gasteiger partial charge in [-0.2, -0.15) is 0 Å². The minimum Gasteiger partial charge on any atom is -0.387 e. The summed E-state index contributed by atoms with van der Waals surface area (Å²) in [7, 11) is 0. The van der Waals surface area contributed by atoms with Crippen LogP contribution >= 0.6 is 0 Å². The molecule has 0 aliphatic carbocycles. The van der Waals surface area contributed by atoms with Gasteiger partial charge >= 0.3 is 0 Å².